The zero-order valence-corrected chi connectivity index (χ0v) is 15.0. The Morgan fingerprint density at radius 1 is 1.16 bits per heavy atom. The minimum atomic E-state index is -0.782. The topological polar surface area (TPSA) is 81.5 Å². The third kappa shape index (κ3) is 5.08. The predicted molar refractivity (Wildman–Crippen MR) is 96.2 cm³/mol. The van der Waals surface area contributed by atoms with E-state index in [0.29, 0.717) is 15.8 Å². The van der Waals surface area contributed by atoms with Gasteiger partial charge in [-0.2, -0.15) is 0 Å². The Kier molecular flexibility index (Phi) is 6.22. The summed E-state index contributed by atoms with van der Waals surface area (Å²) in [5, 5.41) is 14.4. The van der Waals surface area contributed by atoms with Gasteiger partial charge in [0.2, 0.25) is 0 Å². The second-order valence-corrected chi connectivity index (χ2v) is 6.25. The lowest BCUT2D eigenvalue weighted by atomic mass is 10.1. The number of hydrogen-bond donors (Lipinski definition) is 1. The van der Waals surface area contributed by atoms with E-state index in [1.54, 1.807) is 32.0 Å². The summed E-state index contributed by atoms with van der Waals surface area (Å²) in [6.07, 6.45) is -0.782. The van der Waals surface area contributed by atoms with E-state index in [4.69, 9.17) is 27.9 Å². The fourth-order valence-corrected chi connectivity index (χ4v) is 2.74. The molecule has 0 aliphatic heterocycles. The molecule has 0 unspecified atom stereocenters. The second kappa shape index (κ2) is 8.18. The molecule has 0 radical (unpaired) electrons. The van der Waals surface area contributed by atoms with Crippen molar-refractivity contribution in [1.29, 1.82) is 0 Å². The fourth-order valence-electron chi connectivity index (χ4n) is 2.17. The fraction of sp³-hybridized carbons (Fsp3) is 0.235. The van der Waals surface area contributed by atoms with E-state index in [2.05, 4.69) is 5.32 Å². The predicted octanol–water partition coefficient (Wildman–Crippen LogP) is 4.55. The van der Waals surface area contributed by atoms with Crippen molar-refractivity contribution in [1.82, 2.24) is 5.32 Å². The van der Waals surface area contributed by atoms with E-state index in [-0.39, 0.29) is 17.6 Å². The number of hydrogen-bond acceptors (Lipinski definition) is 4. The molecule has 0 fully saturated rings. The molecule has 1 amide bonds. The summed E-state index contributed by atoms with van der Waals surface area (Å²) in [5.74, 6) is 0.0299. The Morgan fingerprint density at radius 3 is 2.36 bits per heavy atom. The zero-order chi connectivity index (χ0) is 18.6. The molecule has 8 heteroatoms. The van der Waals surface area contributed by atoms with Gasteiger partial charge in [-0.05, 0) is 43.7 Å². The van der Waals surface area contributed by atoms with E-state index < -0.39 is 11.0 Å². The molecule has 2 aromatic carbocycles. The van der Waals surface area contributed by atoms with E-state index in [1.807, 2.05) is 0 Å². The molecule has 0 spiro atoms. The molecule has 0 saturated heterocycles. The SMILES string of the molecule is C[C@H](NC(=O)[C@@H](C)Oc1ccc([N+](=O)[O-])cc1)c1ccc(Cl)cc1Cl. The summed E-state index contributed by atoms with van der Waals surface area (Å²) in [6, 6.07) is 10.2. The van der Waals surface area contributed by atoms with Crippen LogP contribution in [0.4, 0.5) is 5.69 Å². The first-order valence-electron chi connectivity index (χ1n) is 7.44. The van der Waals surface area contributed by atoms with Crippen LogP contribution < -0.4 is 10.1 Å². The molecule has 2 rings (SSSR count). The summed E-state index contributed by atoms with van der Waals surface area (Å²) in [7, 11) is 0. The second-order valence-electron chi connectivity index (χ2n) is 5.41. The van der Waals surface area contributed by atoms with E-state index in [1.165, 1.54) is 24.3 Å². The van der Waals surface area contributed by atoms with E-state index >= 15 is 0 Å². The standard InChI is InChI=1S/C17H16Cl2N2O4/c1-10(15-8-3-12(18)9-16(15)19)20-17(22)11(2)25-14-6-4-13(5-7-14)21(23)24/h3-11H,1-2H3,(H,20,22)/t10-,11+/m0/s1. The number of benzene rings is 2. The van der Waals surface area contributed by atoms with Crippen molar-refractivity contribution in [3.63, 3.8) is 0 Å². The van der Waals surface area contributed by atoms with Crippen molar-refractivity contribution in [3.8, 4) is 5.75 Å². The monoisotopic (exact) mass is 382 g/mol. The molecule has 2 atom stereocenters. The molecule has 1 N–H and O–H groups in total. The Morgan fingerprint density at radius 2 is 1.80 bits per heavy atom. The van der Waals surface area contributed by atoms with Crippen molar-refractivity contribution in [2.24, 2.45) is 0 Å². The van der Waals surface area contributed by atoms with Crippen molar-refractivity contribution < 1.29 is 14.5 Å². The van der Waals surface area contributed by atoms with Gasteiger partial charge in [0.05, 0.1) is 11.0 Å². The summed E-state index contributed by atoms with van der Waals surface area (Å²) in [5.41, 5.74) is 0.692. The van der Waals surface area contributed by atoms with Crippen LogP contribution in [0.25, 0.3) is 0 Å². The summed E-state index contributed by atoms with van der Waals surface area (Å²) >= 11 is 12.0. The smallest absolute Gasteiger partial charge is 0.269 e. The molecule has 0 heterocycles. The molecule has 0 aliphatic rings. The third-order valence-corrected chi connectivity index (χ3v) is 4.08. The Hall–Kier alpha value is -2.31. The minimum absolute atomic E-state index is 0.0459. The number of ether oxygens (including phenoxy) is 1. The Balaban J connectivity index is 1.98. The number of carbonyl (C=O) groups excluding carboxylic acids is 1. The maximum atomic E-state index is 12.3. The highest BCUT2D eigenvalue weighted by molar-refractivity contribution is 6.35. The zero-order valence-electron chi connectivity index (χ0n) is 13.5. The number of nitro groups is 1. The van der Waals surface area contributed by atoms with Crippen LogP contribution >= 0.6 is 23.2 Å². The van der Waals surface area contributed by atoms with Crippen LogP contribution in [0.2, 0.25) is 10.0 Å². The number of halogens is 2. The molecule has 25 heavy (non-hydrogen) atoms. The van der Waals surface area contributed by atoms with Gasteiger partial charge in [-0.1, -0.05) is 29.3 Å². The quantitative estimate of drug-likeness (QED) is 0.586. The first kappa shape index (κ1) is 19.0. The maximum absolute atomic E-state index is 12.3. The highest BCUT2D eigenvalue weighted by Gasteiger charge is 2.19. The van der Waals surface area contributed by atoms with Crippen LogP contribution in [0.1, 0.15) is 25.5 Å². The van der Waals surface area contributed by atoms with Gasteiger partial charge in [0.15, 0.2) is 6.10 Å². The summed E-state index contributed by atoms with van der Waals surface area (Å²) < 4.78 is 5.51. The molecule has 132 valence electrons. The first-order valence-corrected chi connectivity index (χ1v) is 8.20. The van der Waals surface area contributed by atoms with Crippen LogP contribution in [0, 0.1) is 10.1 Å². The number of rotatable bonds is 6. The number of amides is 1. The molecular weight excluding hydrogens is 367 g/mol. The third-order valence-electron chi connectivity index (χ3n) is 3.52. The number of nitro benzene ring substituents is 1. The summed E-state index contributed by atoms with van der Waals surface area (Å²) in [6.45, 7) is 3.39. The van der Waals surface area contributed by atoms with Gasteiger partial charge in [0.1, 0.15) is 5.75 Å². The lowest BCUT2D eigenvalue weighted by Crippen LogP contribution is -2.37. The van der Waals surface area contributed by atoms with Gasteiger partial charge in [-0.3, -0.25) is 14.9 Å². The summed E-state index contributed by atoms with van der Waals surface area (Å²) in [4.78, 5) is 22.4. The van der Waals surface area contributed by atoms with Crippen molar-refractivity contribution in [2.75, 3.05) is 0 Å². The highest BCUT2D eigenvalue weighted by Crippen LogP contribution is 2.26. The first-order chi connectivity index (χ1) is 11.8. The number of nitrogens with one attached hydrogen (secondary N) is 1. The van der Waals surface area contributed by atoms with E-state index in [9.17, 15) is 14.9 Å². The normalized spacial score (nSPS) is 13.0. The Bertz CT molecular complexity index is 781. The number of non-ortho nitro benzene ring substituents is 1. The molecule has 2 aromatic rings. The molecule has 6 nitrogen and oxygen atoms in total. The Labute approximate surface area is 154 Å². The van der Waals surface area contributed by atoms with Crippen LogP contribution in [0.3, 0.4) is 0 Å². The van der Waals surface area contributed by atoms with Crippen molar-refractivity contribution in [2.45, 2.75) is 26.0 Å². The van der Waals surface area contributed by atoms with Gasteiger partial charge in [0.25, 0.3) is 11.6 Å². The van der Waals surface area contributed by atoms with Crippen LogP contribution in [0.5, 0.6) is 5.75 Å². The number of carbonyl (C=O) groups is 1. The van der Waals surface area contributed by atoms with Gasteiger partial charge in [-0.25, -0.2) is 0 Å². The van der Waals surface area contributed by atoms with Gasteiger partial charge in [0, 0.05) is 22.2 Å². The molecule has 0 aliphatic carbocycles. The molecule has 0 saturated carbocycles. The molecular formula is C17H16Cl2N2O4. The van der Waals surface area contributed by atoms with Crippen LogP contribution in [0.15, 0.2) is 42.5 Å². The lowest BCUT2D eigenvalue weighted by Gasteiger charge is -2.20. The van der Waals surface area contributed by atoms with Crippen LogP contribution in [-0.2, 0) is 4.79 Å². The van der Waals surface area contributed by atoms with Gasteiger partial charge >= 0.3 is 0 Å². The van der Waals surface area contributed by atoms with E-state index in [0.717, 1.165) is 5.56 Å². The van der Waals surface area contributed by atoms with Crippen LogP contribution in [-0.4, -0.2) is 16.9 Å². The largest absolute Gasteiger partial charge is 0.481 e. The van der Waals surface area contributed by atoms with Crippen molar-refractivity contribution in [3.05, 3.63) is 68.2 Å². The highest BCUT2D eigenvalue weighted by atomic mass is 35.5. The lowest BCUT2D eigenvalue weighted by molar-refractivity contribution is -0.384. The van der Waals surface area contributed by atoms with Crippen molar-refractivity contribution >= 4 is 34.8 Å². The minimum Gasteiger partial charge on any atom is -0.481 e. The van der Waals surface area contributed by atoms with Gasteiger partial charge in [-0.15, -0.1) is 0 Å². The van der Waals surface area contributed by atoms with Gasteiger partial charge < -0.3 is 10.1 Å². The number of nitrogens with zero attached hydrogens (tertiary/aromatic N) is 1. The maximum Gasteiger partial charge on any atom is 0.269 e. The molecule has 0 bridgehead atoms. The molecule has 0 aromatic heterocycles. The average molecular weight is 383 g/mol. The average Bonchev–Trinajstić information content (AvgIpc) is 2.55.